The van der Waals surface area contributed by atoms with Crippen molar-refractivity contribution in [3.8, 4) is 5.88 Å². The summed E-state index contributed by atoms with van der Waals surface area (Å²) in [6.45, 7) is 5.33. The number of ketones is 1. The Hall–Kier alpha value is -3.95. The largest absolute Gasteiger partial charge is 0.481 e. The van der Waals surface area contributed by atoms with E-state index in [-0.39, 0.29) is 29.2 Å². The van der Waals surface area contributed by atoms with Crippen molar-refractivity contribution in [3.05, 3.63) is 53.6 Å². The van der Waals surface area contributed by atoms with E-state index in [0.29, 0.717) is 35.8 Å². The standard InChI is InChI=1S/C25H31N5O5/c1-14(2)35-21-13-27-12-20(29-21)30-22(15(3)26)23(31)16-8-10-17(11-9-16)28-24(32)18-6-4-5-7-19(18)25(33)34/h8-14,18-19H,4-7,26H2,1-3H3,(H,28,32)(H,29,30)(H,33,34)/b22-15+. The number of carbonyl (C=O) groups excluding carboxylic acids is 2. The molecule has 10 heteroatoms. The van der Waals surface area contributed by atoms with Crippen molar-refractivity contribution >= 4 is 29.2 Å². The molecule has 1 fully saturated rings. The SMILES string of the molecule is C/C(N)=C(\Nc1cncc(OC(C)C)n1)C(=O)c1ccc(NC(=O)C2CCCCC2C(=O)O)cc1. The van der Waals surface area contributed by atoms with E-state index in [0.717, 1.165) is 12.8 Å². The Bertz CT molecular complexity index is 1110. The lowest BCUT2D eigenvalue weighted by molar-refractivity contribution is -0.147. The number of nitrogens with zero attached hydrogens (tertiary/aromatic N) is 2. The van der Waals surface area contributed by atoms with Crippen LogP contribution in [-0.2, 0) is 9.59 Å². The zero-order chi connectivity index (χ0) is 25.5. The molecule has 1 saturated carbocycles. The maximum Gasteiger partial charge on any atom is 0.307 e. The van der Waals surface area contributed by atoms with Crippen molar-refractivity contribution in [2.24, 2.45) is 17.6 Å². The molecular formula is C25H31N5O5. The van der Waals surface area contributed by atoms with Gasteiger partial charge in [-0.15, -0.1) is 0 Å². The molecular weight excluding hydrogens is 450 g/mol. The quantitative estimate of drug-likeness (QED) is 0.310. The number of Topliss-reactive ketones (excluding diaryl/α,β-unsaturated/α-hetero) is 1. The number of amides is 1. The van der Waals surface area contributed by atoms with E-state index < -0.39 is 17.8 Å². The van der Waals surface area contributed by atoms with Gasteiger partial charge in [0, 0.05) is 16.9 Å². The second-order valence-electron chi connectivity index (χ2n) is 8.82. The van der Waals surface area contributed by atoms with Gasteiger partial charge in [-0.05, 0) is 57.9 Å². The van der Waals surface area contributed by atoms with Crippen molar-refractivity contribution in [1.29, 1.82) is 0 Å². The molecule has 0 saturated heterocycles. The number of benzene rings is 1. The van der Waals surface area contributed by atoms with Gasteiger partial charge in [0.2, 0.25) is 17.6 Å². The summed E-state index contributed by atoms with van der Waals surface area (Å²) < 4.78 is 5.54. The summed E-state index contributed by atoms with van der Waals surface area (Å²) in [5.41, 5.74) is 7.20. The van der Waals surface area contributed by atoms with E-state index in [4.69, 9.17) is 10.5 Å². The Balaban J connectivity index is 1.70. The fourth-order valence-electron chi connectivity index (χ4n) is 3.99. The third-order valence-corrected chi connectivity index (χ3v) is 5.68. The molecule has 10 nitrogen and oxygen atoms in total. The highest BCUT2D eigenvalue weighted by atomic mass is 16.5. The highest BCUT2D eigenvalue weighted by molar-refractivity contribution is 6.11. The number of ether oxygens (including phenoxy) is 1. The molecule has 0 bridgehead atoms. The first-order chi connectivity index (χ1) is 16.7. The van der Waals surface area contributed by atoms with Crippen molar-refractivity contribution in [2.45, 2.75) is 52.6 Å². The van der Waals surface area contributed by atoms with Crippen LogP contribution in [0.3, 0.4) is 0 Å². The minimum Gasteiger partial charge on any atom is -0.481 e. The Labute approximate surface area is 204 Å². The number of allylic oxidation sites excluding steroid dienone is 2. The number of hydrogen-bond acceptors (Lipinski definition) is 8. The zero-order valence-corrected chi connectivity index (χ0v) is 20.1. The van der Waals surface area contributed by atoms with Crippen molar-refractivity contribution in [3.63, 3.8) is 0 Å². The van der Waals surface area contributed by atoms with Gasteiger partial charge in [-0.1, -0.05) is 12.8 Å². The molecule has 2 aromatic rings. The second kappa shape index (κ2) is 11.5. The molecule has 2 unspecified atom stereocenters. The molecule has 0 radical (unpaired) electrons. The van der Waals surface area contributed by atoms with E-state index in [1.165, 1.54) is 12.4 Å². The molecule has 1 aliphatic carbocycles. The molecule has 1 heterocycles. The number of carboxylic acids is 1. The molecule has 186 valence electrons. The fraction of sp³-hybridized carbons (Fsp3) is 0.400. The molecule has 0 spiro atoms. The highest BCUT2D eigenvalue weighted by Gasteiger charge is 2.35. The molecule has 2 atom stereocenters. The topological polar surface area (TPSA) is 157 Å². The van der Waals surface area contributed by atoms with E-state index in [1.54, 1.807) is 31.2 Å². The summed E-state index contributed by atoms with van der Waals surface area (Å²) in [5, 5.41) is 15.1. The van der Waals surface area contributed by atoms with E-state index in [2.05, 4.69) is 20.6 Å². The lowest BCUT2D eigenvalue weighted by Crippen LogP contribution is -2.36. The van der Waals surface area contributed by atoms with Gasteiger partial charge >= 0.3 is 5.97 Å². The maximum absolute atomic E-state index is 13.1. The Kier molecular flexibility index (Phi) is 8.40. The van der Waals surface area contributed by atoms with Crippen LogP contribution in [0.4, 0.5) is 11.5 Å². The minimum atomic E-state index is -0.944. The first-order valence-corrected chi connectivity index (χ1v) is 11.6. The number of carboxylic acid groups (broad SMARTS) is 1. The third kappa shape index (κ3) is 6.78. The molecule has 5 N–H and O–H groups in total. The normalized spacial score (nSPS) is 18.4. The van der Waals surface area contributed by atoms with Crippen LogP contribution in [0.5, 0.6) is 5.88 Å². The lowest BCUT2D eigenvalue weighted by atomic mass is 9.78. The molecule has 1 amide bonds. The minimum absolute atomic E-state index is 0.0837. The molecule has 1 aromatic carbocycles. The summed E-state index contributed by atoms with van der Waals surface area (Å²) in [6, 6.07) is 6.35. The van der Waals surface area contributed by atoms with E-state index >= 15 is 0 Å². The molecule has 1 aliphatic rings. The molecule has 3 rings (SSSR count). The third-order valence-electron chi connectivity index (χ3n) is 5.68. The van der Waals surface area contributed by atoms with Crippen molar-refractivity contribution < 1.29 is 24.2 Å². The Morgan fingerprint density at radius 1 is 1.06 bits per heavy atom. The second-order valence-corrected chi connectivity index (χ2v) is 8.82. The summed E-state index contributed by atoms with van der Waals surface area (Å²) in [4.78, 5) is 45.7. The van der Waals surface area contributed by atoms with E-state index in [1.807, 2.05) is 13.8 Å². The number of nitrogens with two attached hydrogens (primary N) is 1. The Morgan fingerprint density at radius 3 is 2.31 bits per heavy atom. The van der Waals surface area contributed by atoms with Crippen LogP contribution in [0.25, 0.3) is 0 Å². The first-order valence-electron chi connectivity index (χ1n) is 11.6. The number of aliphatic carboxylic acids is 1. The summed E-state index contributed by atoms with van der Waals surface area (Å²) in [7, 11) is 0. The number of aromatic nitrogens is 2. The summed E-state index contributed by atoms with van der Waals surface area (Å²) >= 11 is 0. The molecule has 0 aliphatic heterocycles. The van der Waals surface area contributed by atoms with Crippen LogP contribution in [0, 0.1) is 11.8 Å². The molecule has 1 aromatic heterocycles. The van der Waals surface area contributed by atoms with Crippen molar-refractivity contribution in [1.82, 2.24) is 9.97 Å². The number of nitrogens with one attached hydrogen (secondary N) is 2. The smallest absolute Gasteiger partial charge is 0.307 e. The fourth-order valence-corrected chi connectivity index (χ4v) is 3.99. The average molecular weight is 482 g/mol. The lowest BCUT2D eigenvalue weighted by Gasteiger charge is -2.27. The average Bonchev–Trinajstić information content (AvgIpc) is 2.82. The Morgan fingerprint density at radius 2 is 1.71 bits per heavy atom. The van der Waals surface area contributed by atoms with Gasteiger partial charge in [0.15, 0.2) is 5.82 Å². The van der Waals surface area contributed by atoms with Gasteiger partial charge in [0.25, 0.3) is 0 Å². The predicted octanol–water partition coefficient (Wildman–Crippen LogP) is 3.58. The van der Waals surface area contributed by atoms with Gasteiger partial charge in [0.05, 0.1) is 30.3 Å². The number of rotatable bonds is 9. The van der Waals surface area contributed by atoms with Gasteiger partial charge in [-0.25, -0.2) is 0 Å². The van der Waals surface area contributed by atoms with Crippen LogP contribution in [0.2, 0.25) is 0 Å². The predicted molar refractivity (Wildman–Crippen MR) is 131 cm³/mol. The van der Waals surface area contributed by atoms with Crippen LogP contribution in [0.1, 0.15) is 56.8 Å². The van der Waals surface area contributed by atoms with Crippen LogP contribution in [0.15, 0.2) is 48.1 Å². The van der Waals surface area contributed by atoms with E-state index in [9.17, 15) is 19.5 Å². The summed E-state index contributed by atoms with van der Waals surface area (Å²) in [6.07, 6.45) is 5.52. The van der Waals surface area contributed by atoms with Crippen LogP contribution in [-0.4, -0.2) is 38.8 Å². The molecule has 35 heavy (non-hydrogen) atoms. The van der Waals surface area contributed by atoms with Gasteiger partial charge in [-0.2, -0.15) is 4.98 Å². The maximum atomic E-state index is 13.1. The van der Waals surface area contributed by atoms with Gasteiger partial charge in [-0.3, -0.25) is 19.4 Å². The first kappa shape index (κ1) is 25.7. The van der Waals surface area contributed by atoms with Crippen LogP contribution < -0.4 is 21.1 Å². The van der Waals surface area contributed by atoms with Gasteiger partial charge < -0.3 is 26.2 Å². The van der Waals surface area contributed by atoms with Crippen LogP contribution >= 0.6 is 0 Å². The number of hydrogen-bond donors (Lipinski definition) is 4. The monoisotopic (exact) mass is 481 g/mol. The van der Waals surface area contributed by atoms with Crippen molar-refractivity contribution in [2.75, 3.05) is 10.6 Å². The zero-order valence-electron chi connectivity index (χ0n) is 20.1. The number of carbonyl (C=O) groups is 3. The summed E-state index contributed by atoms with van der Waals surface area (Å²) in [5.74, 6) is -2.26. The van der Waals surface area contributed by atoms with Gasteiger partial charge in [0.1, 0.15) is 5.70 Å². The number of anilines is 2. The highest BCUT2D eigenvalue weighted by Crippen LogP contribution is 2.31.